The van der Waals surface area contributed by atoms with Crippen LogP contribution in [0.3, 0.4) is 0 Å². The third-order valence-corrected chi connectivity index (χ3v) is 3.03. The van der Waals surface area contributed by atoms with Gasteiger partial charge in [-0.1, -0.05) is 26.0 Å². The fraction of sp³-hybridized carbons (Fsp3) is 0.500. The van der Waals surface area contributed by atoms with Crippen LogP contribution in [0.1, 0.15) is 43.4 Å². The topological polar surface area (TPSA) is 12.0 Å². The molecule has 1 aliphatic heterocycles. The maximum Gasteiger partial charge on any atom is 0.127 e. The summed E-state index contributed by atoms with van der Waals surface area (Å²) < 4.78 is 13.6. The SMILES string of the molecule is CCC1NCC(C)c2c(F)cccc21. The molecule has 0 aromatic heterocycles. The molecule has 1 aliphatic rings. The molecule has 1 aromatic carbocycles. The van der Waals surface area contributed by atoms with Crippen molar-refractivity contribution in [3.05, 3.63) is 35.1 Å². The van der Waals surface area contributed by atoms with Crippen LogP contribution >= 0.6 is 0 Å². The van der Waals surface area contributed by atoms with Crippen LogP contribution in [-0.4, -0.2) is 6.54 Å². The van der Waals surface area contributed by atoms with Gasteiger partial charge in [0.1, 0.15) is 5.82 Å². The Morgan fingerprint density at radius 1 is 1.50 bits per heavy atom. The van der Waals surface area contributed by atoms with Crippen LogP contribution < -0.4 is 5.32 Å². The number of halogens is 1. The number of fused-ring (bicyclic) bond motifs is 1. The Morgan fingerprint density at radius 2 is 2.29 bits per heavy atom. The smallest absolute Gasteiger partial charge is 0.127 e. The highest BCUT2D eigenvalue weighted by Crippen LogP contribution is 2.32. The van der Waals surface area contributed by atoms with Gasteiger partial charge in [0.2, 0.25) is 0 Å². The first-order valence-corrected chi connectivity index (χ1v) is 5.25. The highest BCUT2D eigenvalue weighted by atomic mass is 19.1. The van der Waals surface area contributed by atoms with Gasteiger partial charge < -0.3 is 5.32 Å². The maximum atomic E-state index is 13.6. The van der Waals surface area contributed by atoms with Crippen LogP contribution in [0.5, 0.6) is 0 Å². The largest absolute Gasteiger partial charge is 0.309 e. The van der Waals surface area contributed by atoms with Crippen LogP contribution in [0, 0.1) is 5.82 Å². The first-order valence-electron chi connectivity index (χ1n) is 5.25. The lowest BCUT2D eigenvalue weighted by atomic mass is 9.86. The molecule has 0 spiro atoms. The van der Waals surface area contributed by atoms with Crippen molar-refractivity contribution in [2.45, 2.75) is 32.2 Å². The molecule has 1 nitrogen and oxygen atoms in total. The molecule has 0 saturated heterocycles. The lowest BCUT2D eigenvalue weighted by Crippen LogP contribution is -2.32. The van der Waals surface area contributed by atoms with Gasteiger partial charge in [0.15, 0.2) is 0 Å². The Bertz CT molecular complexity index is 335. The van der Waals surface area contributed by atoms with Crippen molar-refractivity contribution in [2.75, 3.05) is 6.54 Å². The minimum Gasteiger partial charge on any atom is -0.309 e. The highest BCUT2D eigenvalue weighted by Gasteiger charge is 2.25. The van der Waals surface area contributed by atoms with E-state index in [1.807, 2.05) is 6.07 Å². The molecule has 0 bridgehead atoms. The zero-order valence-corrected chi connectivity index (χ0v) is 8.68. The minimum absolute atomic E-state index is 0.0463. The van der Waals surface area contributed by atoms with Gasteiger partial charge in [0.05, 0.1) is 0 Å². The Kier molecular flexibility index (Phi) is 2.55. The summed E-state index contributed by atoms with van der Waals surface area (Å²) in [7, 11) is 0. The maximum absolute atomic E-state index is 13.6. The molecule has 2 heteroatoms. The molecule has 2 unspecified atom stereocenters. The molecule has 76 valence electrons. The second-order valence-electron chi connectivity index (χ2n) is 4.01. The van der Waals surface area contributed by atoms with Gasteiger partial charge >= 0.3 is 0 Å². The standard InChI is InChI=1S/C12H16FN/c1-3-11-9-5-4-6-10(13)12(9)8(2)7-14-11/h4-6,8,11,14H,3,7H2,1-2H3. The summed E-state index contributed by atoms with van der Waals surface area (Å²) in [4.78, 5) is 0. The highest BCUT2D eigenvalue weighted by molar-refractivity contribution is 5.36. The average Bonchev–Trinajstić information content (AvgIpc) is 2.18. The summed E-state index contributed by atoms with van der Waals surface area (Å²) in [5.74, 6) is 0.240. The molecule has 0 radical (unpaired) electrons. The van der Waals surface area contributed by atoms with Crippen LogP contribution in [0.4, 0.5) is 4.39 Å². The third-order valence-electron chi connectivity index (χ3n) is 3.03. The van der Waals surface area contributed by atoms with E-state index in [0.29, 0.717) is 6.04 Å². The molecule has 2 rings (SSSR count). The predicted octanol–water partition coefficient (Wildman–Crippen LogP) is 2.98. The molecular formula is C12H16FN. The normalized spacial score (nSPS) is 25.9. The molecule has 0 amide bonds. The molecule has 1 N–H and O–H groups in total. The molecular weight excluding hydrogens is 177 g/mol. The Balaban J connectivity index is 2.50. The molecule has 0 aliphatic carbocycles. The average molecular weight is 193 g/mol. The third kappa shape index (κ3) is 1.44. The Labute approximate surface area is 84.3 Å². The summed E-state index contributed by atoms with van der Waals surface area (Å²) in [6, 6.07) is 5.73. The number of nitrogens with one attached hydrogen (secondary N) is 1. The zero-order chi connectivity index (χ0) is 10.1. The van der Waals surface area contributed by atoms with Gasteiger partial charge in [-0.3, -0.25) is 0 Å². The fourth-order valence-electron chi connectivity index (χ4n) is 2.27. The second kappa shape index (κ2) is 3.70. The Morgan fingerprint density at radius 3 is 3.00 bits per heavy atom. The van der Waals surface area contributed by atoms with Crippen LogP contribution in [0.2, 0.25) is 0 Å². The molecule has 2 atom stereocenters. The van der Waals surface area contributed by atoms with E-state index in [-0.39, 0.29) is 11.7 Å². The van der Waals surface area contributed by atoms with Crippen molar-refractivity contribution < 1.29 is 4.39 Å². The van der Waals surface area contributed by atoms with Crippen molar-refractivity contribution in [1.82, 2.24) is 5.32 Å². The summed E-state index contributed by atoms with van der Waals surface area (Å²) >= 11 is 0. The number of hydrogen-bond donors (Lipinski definition) is 1. The fourth-order valence-corrected chi connectivity index (χ4v) is 2.27. The van der Waals surface area contributed by atoms with Gasteiger partial charge in [-0.15, -0.1) is 0 Å². The van der Waals surface area contributed by atoms with Gasteiger partial charge in [-0.2, -0.15) is 0 Å². The van der Waals surface area contributed by atoms with Crippen molar-refractivity contribution in [3.8, 4) is 0 Å². The molecule has 0 fully saturated rings. The van der Waals surface area contributed by atoms with E-state index in [1.54, 1.807) is 12.1 Å². The first-order chi connectivity index (χ1) is 6.74. The lowest BCUT2D eigenvalue weighted by molar-refractivity contribution is 0.441. The van der Waals surface area contributed by atoms with Crippen LogP contribution in [0.25, 0.3) is 0 Å². The summed E-state index contributed by atoms with van der Waals surface area (Å²) in [6.45, 7) is 5.08. The molecule has 0 saturated carbocycles. The quantitative estimate of drug-likeness (QED) is 0.723. The van der Waals surface area contributed by atoms with Gasteiger partial charge in [-0.25, -0.2) is 4.39 Å². The number of hydrogen-bond acceptors (Lipinski definition) is 1. The van der Waals surface area contributed by atoms with E-state index >= 15 is 0 Å². The molecule has 1 aromatic rings. The first kappa shape index (κ1) is 9.66. The minimum atomic E-state index is -0.0463. The van der Waals surface area contributed by atoms with E-state index in [2.05, 4.69) is 19.2 Å². The zero-order valence-electron chi connectivity index (χ0n) is 8.68. The monoisotopic (exact) mass is 193 g/mol. The van der Waals surface area contributed by atoms with Gasteiger partial charge in [0, 0.05) is 12.6 Å². The van der Waals surface area contributed by atoms with Crippen molar-refractivity contribution >= 4 is 0 Å². The van der Waals surface area contributed by atoms with E-state index in [1.165, 1.54) is 0 Å². The lowest BCUT2D eigenvalue weighted by Gasteiger charge is -2.30. The summed E-state index contributed by atoms with van der Waals surface area (Å²) in [6.07, 6.45) is 1.02. The molecule has 1 heterocycles. The number of rotatable bonds is 1. The van der Waals surface area contributed by atoms with Crippen molar-refractivity contribution in [1.29, 1.82) is 0 Å². The van der Waals surface area contributed by atoms with Crippen molar-refractivity contribution in [2.24, 2.45) is 0 Å². The van der Waals surface area contributed by atoms with Gasteiger partial charge in [0.25, 0.3) is 0 Å². The summed E-state index contributed by atoms with van der Waals surface area (Å²) in [5, 5.41) is 3.44. The van der Waals surface area contributed by atoms with Crippen molar-refractivity contribution in [3.63, 3.8) is 0 Å². The summed E-state index contributed by atoms with van der Waals surface area (Å²) in [5.41, 5.74) is 2.06. The molecule has 14 heavy (non-hydrogen) atoms. The van der Waals surface area contributed by atoms with E-state index in [4.69, 9.17) is 0 Å². The van der Waals surface area contributed by atoms with E-state index in [0.717, 1.165) is 24.1 Å². The van der Waals surface area contributed by atoms with Crippen LogP contribution in [-0.2, 0) is 0 Å². The van der Waals surface area contributed by atoms with Gasteiger partial charge in [-0.05, 0) is 29.5 Å². The van der Waals surface area contributed by atoms with E-state index < -0.39 is 0 Å². The van der Waals surface area contributed by atoms with Crippen LogP contribution in [0.15, 0.2) is 18.2 Å². The Hall–Kier alpha value is -0.890. The second-order valence-corrected chi connectivity index (χ2v) is 4.01. The number of benzene rings is 1. The van der Waals surface area contributed by atoms with E-state index in [9.17, 15) is 4.39 Å². The predicted molar refractivity (Wildman–Crippen MR) is 55.8 cm³/mol.